The summed E-state index contributed by atoms with van der Waals surface area (Å²) in [5.41, 5.74) is 2.73. The Balaban J connectivity index is 2.14. The van der Waals surface area contributed by atoms with Crippen molar-refractivity contribution >= 4 is 34.6 Å². The van der Waals surface area contributed by atoms with Crippen LogP contribution in [0.3, 0.4) is 0 Å². The number of aryl methyl sites for hydroxylation is 1. The highest BCUT2D eigenvalue weighted by Gasteiger charge is 2.14. The lowest BCUT2D eigenvalue weighted by Gasteiger charge is -2.11. The topological polar surface area (TPSA) is 55.2 Å². The number of hydrogen-bond acceptors (Lipinski definition) is 3. The first-order valence-electron chi connectivity index (χ1n) is 6.46. The van der Waals surface area contributed by atoms with E-state index in [2.05, 4.69) is 24.4 Å². The van der Waals surface area contributed by atoms with Gasteiger partial charge >= 0.3 is 0 Å². The molecule has 0 saturated heterocycles. The molecule has 0 bridgehead atoms. The van der Waals surface area contributed by atoms with Gasteiger partial charge in [-0.15, -0.1) is 0 Å². The van der Waals surface area contributed by atoms with Gasteiger partial charge in [0.1, 0.15) is 0 Å². The van der Waals surface area contributed by atoms with Crippen molar-refractivity contribution in [3.63, 3.8) is 0 Å². The highest BCUT2D eigenvalue weighted by Crippen LogP contribution is 2.34. The zero-order valence-corrected chi connectivity index (χ0v) is 12.9. The van der Waals surface area contributed by atoms with E-state index in [4.69, 9.17) is 23.2 Å². The van der Waals surface area contributed by atoms with Crippen LogP contribution in [0.15, 0.2) is 36.4 Å². The van der Waals surface area contributed by atoms with Crippen molar-refractivity contribution in [2.24, 2.45) is 0 Å². The van der Waals surface area contributed by atoms with Crippen molar-refractivity contribution in [2.45, 2.75) is 19.9 Å². The Labute approximate surface area is 132 Å². The molecular formula is C15H14Cl2N2O2. The molecule has 0 unspecified atom stereocenters. The van der Waals surface area contributed by atoms with Crippen molar-refractivity contribution in [1.82, 2.24) is 0 Å². The largest absolute Gasteiger partial charge is 0.379 e. The molecule has 0 aromatic heterocycles. The van der Waals surface area contributed by atoms with Gasteiger partial charge in [0.25, 0.3) is 5.69 Å². The van der Waals surface area contributed by atoms with E-state index in [1.165, 1.54) is 17.7 Å². The predicted molar refractivity (Wildman–Crippen MR) is 86.3 cm³/mol. The molecule has 0 aliphatic heterocycles. The third-order valence-corrected chi connectivity index (χ3v) is 3.73. The van der Waals surface area contributed by atoms with E-state index in [9.17, 15) is 10.1 Å². The summed E-state index contributed by atoms with van der Waals surface area (Å²) in [6, 6.07) is 10.8. The molecule has 0 fully saturated rings. The molecule has 0 aliphatic rings. The fraction of sp³-hybridized carbons (Fsp3) is 0.200. The van der Waals surface area contributed by atoms with Gasteiger partial charge in [0, 0.05) is 18.7 Å². The minimum atomic E-state index is -0.523. The first kappa shape index (κ1) is 15.6. The van der Waals surface area contributed by atoms with E-state index in [-0.39, 0.29) is 15.7 Å². The van der Waals surface area contributed by atoms with Gasteiger partial charge in [0.2, 0.25) is 0 Å². The fourth-order valence-electron chi connectivity index (χ4n) is 1.92. The predicted octanol–water partition coefficient (Wildman–Crippen LogP) is 5.08. The van der Waals surface area contributed by atoms with Gasteiger partial charge < -0.3 is 5.32 Å². The third kappa shape index (κ3) is 3.86. The SMILES string of the molecule is CCc1ccc(CNc2c(Cl)cc([N+](=O)[O-])cc2Cl)cc1. The van der Waals surface area contributed by atoms with Gasteiger partial charge in [-0.2, -0.15) is 0 Å². The van der Waals surface area contributed by atoms with Gasteiger partial charge in [0.05, 0.1) is 20.7 Å². The molecule has 0 amide bonds. The van der Waals surface area contributed by atoms with Crippen LogP contribution < -0.4 is 5.32 Å². The summed E-state index contributed by atoms with van der Waals surface area (Å²) in [6.07, 6.45) is 0.994. The number of hydrogen-bond donors (Lipinski definition) is 1. The minimum Gasteiger partial charge on any atom is -0.379 e. The van der Waals surface area contributed by atoms with Crippen LogP contribution in [0.1, 0.15) is 18.1 Å². The Bertz CT molecular complexity index is 634. The molecule has 6 heteroatoms. The van der Waals surface area contributed by atoms with Gasteiger partial charge in [-0.1, -0.05) is 54.4 Å². The molecule has 21 heavy (non-hydrogen) atoms. The summed E-state index contributed by atoms with van der Waals surface area (Å²) >= 11 is 12.1. The third-order valence-electron chi connectivity index (χ3n) is 3.14. The van der Waals surface area contributed by atoms with Crippen molar-refractivity contribution < 1.29 is 4.92 Å². The number of anilines is 1. The van der Waals surface area contributed by atoms with Crippen LogP contribution in [0.5, 0.6) is 0 Å². The first-order chi connectivity index (χ1) is 10.0. The maximum Gasteiger partial charge on any atom is 0.272 e. The number of benzene rings is 2. The lowest BCUT2D eigenvalue weighted by molar-refractivity contribution is -0.384. The van der Waals surface area contributed by atoms with Crippen LogP contribution >= 0.6 is 23.2 Å². The molecule has 0 aliphatic carbocycles. The standard InChI is InChI=1S/C15H14Cl2N2O2/c1-2-10-3-5-11(6-4-10)9-18-15-13(16)7-12(19(20)21)8-14(15)17/h3-8,18H,2,9H2,1H3. The van der Waals surface area contributed by atoms with Crippen LogP contribution in [0, 0.1) is 10.1 Å². The number of halogens is 2. The van der Waals surface area contributed by atoms with Crippen molar-refractivity contribution in [3.05, 3.63) is 67.7 Å². The van der Waals surface area contributed by atoms with Crippen LogP contribution in [0.2, 0.25) is 10.0 Å². The molecule has 0 spiro atoms. The van der Waals surface area contributed by atoms with Crippen LogP contribution in [-0.2, 0) is 13.0 Å². The van der Waals surface area contributed by atoms with E-state index in [0.717, 1.165) is 12.0 Å². The summed E-state index contributed by atoms with van der Waals surface area (Å²) < 4.78 is 0. The second kappa shape index (κ2) is 6.78. The molecule has 0 radical (unpaired) electrons. The molecule has 0 heterocycles. The Hall–Kier alpha value is -1.78. The molecule has 0 saturated carbocycles. The van der Waals surface area contributed by atoms with Gasteiger partial charge in [-0.3, -0.25) is 10.1 Å². The van der Waals surface area contributed by atoms with Crippen molar-refractivity contribution in [3.8, 4) is 0 Å². The molecule has 2 aromatic rings. The summed E-state index contributed by atoms with van der Waals surface area (Å²) in [5, 5.41) is 14.3. The highest BCUT2D eigenvalue weighted by atomic mass is 35.5. The monoisotopic (exact) mass is 324 g/mol. The highest BCUT2D eigenvalue weighted by molar-refractivity contribution is 6.39. The van der Waals surface area contributed by atoms with Crippen molar-refractivity contribution in [1.29, 1.82) is 0 Å². The molecular weight excluding hydrogens is 311 g/mol. The molecule has 0 atom stereocenters. The Morgan fingerprint density at radius 2 is 1.62 bits per heavy atom. The smallest absolute Gasteiger partial charge is 0.272 e. The van der Waals surface area contributed by atoms with Crippen LogP contribution in [-0.4, -0.2) is 4.92 Å². The Morgan fingerprint density at radius 3 is 2.10 bits per heavy atom. The van der Waals surface area contributed by atoms with Gasteiger partial charge in [0.15, 0.2) is 0 Å². The second-order valence-corrected chi connectivity index (χ2v) is 5.38. The lowest BCUT2D eigenvalue weighted by Crippen LogP contribution is -2.01. The van der Waals surface area contributed by atoms with Crippen molar-refractivity contribution in [2.75, 3.05) is 5.32 Å². The van der Waals surface area contributed by atoms with E-state index >= 15 is 0 Å². The van der Waals surface area contributed by atoms with E-state index < -0.39 is 4.92 Å². The normalized spacial score (nSPS) is 10.4. The Kier molecular flexibility index (Phi) is 5.04. The molecule has 110 valence electrons. The number of nitrogens with zero attached hydrogens (tertiary/aromatic N) is 1. The number of non-ortho nitro benzene ring substituents is 1. The average molecular weight is 325 g/mol. The fourth-order valence-corrected chi connectivity index (χ4v) is 2.53. The number of nitro groups is 1. The Morgan fingerprint density at radius 1 is 1.10 bits per heavy atom. The quantitative estimate of drug-likeness (QED) is 0.616. The first-order valence-corrected chi connectivity index (χ1v) is 7.22. The van der Waals surface area contributed by atoms with Crippen LogP contribution in [0.25, 0.3) is 0 Å². The summed E-state index contributed by atoms with van der Waals surface area (Å²) in [6.45, 7) is 2.64. The minimum absolute atomic E-state index is 0.122. The number of nitro benzene ring substituents is 1. The van der Waals surface area contributed by atoms with Gasteiger partial charge in [-0.25, -0.2) is 0 Å². The van der Waals surface area contributed by atoms with E-state index in [1.807, 2.05) is 12.1 Å². The molecule has 2 aromatic carbocycles. The maximum atomic E-state index is 10.7. The number of rotatable bonds is 5. The van der Waals surface area contributed by atoms with E-state index in [0.29, 0.717) is 12.2 Å². The maximum absolute atomic E-state index is 10.7. The number of nitrogens with one attached hydrogen (secondary N) is 1. The average Bonchev–Trinajstić information content (AvgIpc) is 2.46. The lowest BCUT2D eigenvalue weighted by atomic mass is 10.1. The summed E-state index contributed by atoms with van der Waals surface area (Å²) in [4.78, 5) is 10.2. The molecule has 1 N–H and O–H groups in total. The summed E-state index contributed by atoms with van der Waals surface area (Å²) in [7, 11) is 0. The zero-order valence-electron chi connectivity index (χ0n) is 11.4. The summed E-state index contributed by atoms with van der Waals surface area (Å²) in [5.74, 6) is 0. The van der Waals surface area contributed by atoms with Crippen LogP contribution in [0.4, 0.5) is 11.4 Å². The van der Waals surface area contributed by atoms with Gasteiger partial charge in [-0.05, 0) is 17.5 Å². The molecule has 2 rings (SSSR count). The zero-order chi connectivity index (χ0) is 15.4. The van der Waals surface area contributed by atoms with E-state index in [1.54, 1.807) is 0 Å². The second-order valence-electron chi connectivity index (χ2n) is 4.57. The molecule has 4 nitrogen and oxygen atoms in total.